The van der Waals surface area contributed by atoms with Gasteiger partial charge in [0, 0.05) is 26.2 Å². The molecule has 1 aromatic rings. The summed E-state index contributed by atoms with van der Waals surface area (Å²) in [5, 5.41) is 11.3. The number of hydrogen-bond acceptors (Lipinski definition) is 7. The van der Waals surface area contributed by atoms with Gasteiger partial charge in [-0.05, 0) is 6.92 Å². The van der Waals surface area contributed by atoms with Crippen molar-refractivity contribution in [2.45, 2.75) is 6.92 Å². The quantitative estimate of drug-likeness (QED) is 0.535. The Morgan fingerprint density at radius 3 is 2.65 bits per heavy atom. The number of amides is 1. The van der Waals surface area contributed by atoms with Crippen LogP contribution < -0.4 is 21.1 Å². The van der Waals surface area contributed by atoms with Crippen LogP contribution in [-0.2, 0) is 4.74 Å². The van der Waals surface area contributed by atoms with Gasteiger partial charge in [-0.3, -0.25) is 0 Å². The number of aromatic nitrogens is 2. The third kappa shape index (κ3) is 2.76. The number of ether oxygens (including phenoxy) is 1. The molecule has 0 aromatic carbocycles. The van der Waals surface area contributed by atoms with Crippen molar-refractivity contribution in [1.29, 1.82) is 0 Å². The Balaban J connectivity index is 2.02. The van der Waals surface area contributed by atoms with Gasteiger partial charge >= 0.3 is 12.0 Å². The van der Waals surface area contributed by atoms with Crippen molar-refractivity contribution in [3.05, 3.63) is 11.3 Å². The lowest BCUT2D eigenvalue weighted by molar-refractivity contribution is -0.576. The van der Waals surface area contributed by atoms with Crippen molar-refractivity contribution in [3.63, 3.8) is 0 Å². The topological polar surface area (TPSA) is 125 Å². The summed E-state index contributed by atoms with van der Waals surface area (Å²) in [7, 11) is 0. The van der Waals surface area contributed by atoms with Crippen LogP contribution in [0.1, 0.15) is 6.92 Å². The number of carbonyl (C=O) groups excluding carboxylic acids is 1. The van der Waals surface area contributed by atoms with Crippen LogP contribution in [0.2, 0.25) is 0 Å². The van der Waals surface area contributed by atoms with Crippen molar-refractivity contribution >= 4 is 23.7 Å². The van der Waals surface area contributed by atoms with Gasteiger partial charge in [-0.2, -0.15) is 0 Å². The SMILES string of the molecule is CCOC(=O)N1CCN(c2cc(N)[n+]([O-])c(N)n2)CC1. The van der Waals surface area contributed by atoms with Gasteiger partial charge in [0.2, 0.25) is 0 Å². The molecule has 4 N–H and O–H groups in total. The van der Waals surface area contributed by atoms with Gasteiger partial charge in [-0.15, -0.1) is 0 Å². The maximum Gasteiger partial charge on any atom is 0.409 e. The summed E-state index contributed by atoms with van der Waals surface area (Å²) in [5.74, 6) is 0.351. The van der Waals surface area contributed by atoms with Crippen LogP contribution in [0.3, 0.4) is 0 Å². The zero-order valence-electron chi connectivity index (χ0n) is 11.3. The third-order valence-electron chi connectivity index (χ3n) is 3.08. The van der Waals surface area contributed by atoms with Crippen molar-refractivity contribution in [2.24, 2.45) is 0 Å². The largest absolute Gasteiger partial charge is 0.754 e. The molecule has 1 aliphatic rings. The Morgan fingerprint density at radius 2 is 2.10 bits per heavy atom. The number of carbonyl (C=O) groups is 1. The normalized spacial score (nSPS) is 15.2. The van der Waals surface area contributed by atoms with E-state index in [0.29, 0.717) is 43.3 Å². The number of nitrogens with two attached hydrogens (primary N) is 2. The minimum Gasteiger partial charge on any atom is -0.754 e. The molecule has 2 rings (SSSR count). The average Bonchev–Trinajstić information content (AvgIpc) is 2.44. The summed E-state index contributed by atoms with van der Waals surface area (Å²) < 4.78 is 5.32. The molecule has 0 atom stereocenters. The van der Waals surface area contributed by atoms with Crippen LogP contribution in [-0.4, -0.2) is 48.8 Å². The molecule has 9 heteroatoms. The second kappa shape index (κ2) is 5.68. The van der Waals surface area contributed by atoms with E-state index in [-0.39, 0.29) is 17.9 Å². The van der Waals surface area contributed by atoms with E-state index in [1.165, 1.54) is 6.07 Å². The number of piperazine rings is 1. The van der Waals surface area contributed by atoms with E-state index in [9.17, 15) is 10.0 Å². The summed E-state index contributed by atoms with van der Waals surface area (Å²) >= 11 is 0. The maximum atomic E-state index is 11.6. The molecule has 0 radical (unpaired) electrons. The Morgan fingerprint density at radius 1 is 1.45 bits per heavy atom. The Bertz CT molecular complexity index is 478. The summed E-state index contributed by atoms with van der Waals surface area (Å²) in [6.07, 6.45) is -0.315. The van der Waals surface area contributed by atoms with Crippen LogP contribution in [0, 0.1) is 5.21 Å². The minimum absolute atomic E-state index is 0.000298. The molecular formula is C11H18N6O3. The molecule has 1 aliphatic heterocycles. The summed E-state index contributed by atoms with van der Waals surface area (Å²) in [6.45, 7) is 4.32. The van der Waals surface area contributed by atoms with E-state index in [1.807, 2.05) is 4.90 Å². The van der Waals surface area contributed by atoms with Crippen molar-refractivity contribution < 1.29 is 14.3 Å². The molecule has 0 bridgehead atoms. The molecule has 0 spiro atoms. The first-order valence-electron chi connectivity index (χ1n) is 6.35. The lowest BCUT2D eigenvalue weighted by Crippen LogP contribution is -2.49. The first-order chi connectivity index (χ1) is 9.52. The average molecular weight is 282 g/mol. The number of anilines is 3. The highest BCUT2D eigenvalue weighted by Gasteiger charge is 2.24. The van der Waals surface area contributed by atoms with Gasteiger partial charge in [0.05, 0.1) is 12.7 Å². The first kappa shape index (κ1) is 14.0. The standard InChI is InChI=1S/C11H18N6O3/c1-2-20-11(18)16-5-3-15(4-6-16)9-7-8(12)17(19)10(13)14-9/h7H,2-6,12H2,1H3,(H2,13,14). The zero-order chi connectivity index (χ0) is 14.7. The highest BCUT2D eigenvalue weighted by Crippen LogP contribution is 2.16. The highest BCUT2D eigenvalue weighted by molar-refractivity contribution is 5.68. The van der Waals surface area contributed by atoms with Crippen LogP contribution in [0.25, 0.3) is 0 Å². The molecule has 0 unspecified atom stereocenters. The summed E-state index contributed by atoms with van der Waals surface area (Å²) in [6, 6.07) is 1.48. The minimum atomic E-state index is -0.315. The predicted molar refractivity (Wildman–Crippen MR) is 72.8 cm³/mol. The molecule has 110 valence electrons. The van der Waals surface area contributed by atoms with Gasteiger partial charge < -0.3 is 31.2 Å². The number of nitrogens with zero attached hydrogens (tertiary/aromatic N) is 4. The molecular weight excluding hydrogens is 264 g/mol. The molecule has 1 amide bonds. The highest BCUT2D eigenvalue weighted by atomic mass is 16.6. The molecule has 0 saturated carbocycles. The number of rotatable bonds is 2. The predicted octanol–water partition coefficient (Wildman–Crippen LogP) is -0.842. The Labute approximate surface area is 116 Å². The van der Waals surface area contributed by atoms with Gasteiger partial charge in [-0.25, -0.2) is 9.52 Å². The Kier molecular flexibility index (Phi) is 3.97. The van der Waals surface area contributed by atoms with Crippen LogP contribution in [0.5, 0.6) is 0 Å². The van der Waals surface area contributed by atoms with Crippen LogP contribution >= 0.6 is 0 Å². The smallest absolute Gasteiger partial charge is 0.409 e. The van der Waals surface area contributed by atoms with E-state index in [1.54, 1.807) is 11.8 Å². The van der Waals surface area contributed by atoms with Crippen LogP contribution in [0.15, 0.2) is 6.07 Å². The lowest BCUT2D eigenvalue weighted by atomic mass is 10.3. The van der Waals surface area contributed by atoms with Crippen molar-refractivity contribution in [1.82, 2.24) is 9.88 Å². The molecule has 9 nitrogen and oxygen atoms in total. The van der Waals surface area contributed by atoms with E-state index in [2.05, 4.69) is 4.98 Å². The summed E-state index contributed by atoms with van der Waals surface area (Å²) in [4.78, 5) is 19.1. The molecule has 2 heterocycles. The van der Waals surface area contributed by atoms with Gasteiger partial charge in [-0.1, -0.05) is 4.98 Å². The molecule has 1 saturated heterocycles. The lowest BCUT2D eigenvalue weighted by Gasteiger charge is -2.34. The molecule has 0 aliphatic carbocycles. The number of nitrogen functional groups attached to an aromatic ring is 2. The second-order valence-electron chi connectivity index (χ2n) is 4.36. The maximum absolute atomic E-state index is 11.6. The fourth-order valence-electron chi connectivity index (χ4n) is 2.01. The fraction of sp³-hybridized carbons (Fsp3) is 0.545. The van der Waals surface area contributed by atoms with E-state index < -0.39 is 0 Å². The molecule has 20 heavy (non-hydrogen) atoms. The van der Waals surface area contributed by atoms with Gasteiger partial charge in [0.1, 0.15) is 0 Å². The third-order valence-corrected chi connectivity index (χ3v) is 3.08. The second-order valence-corrected chi connectivity index (χ2v) is 4.36. The van der Waals surface area contributed by atoms with E-state index in [4.69, 9.17) is 16.2 Å². The fourth-order valence-corrected chi connectivity index (χ4v) is 2.01. The van der Waals surface area contributed by atoms with Gasteiger partial charge in [0.25, 0.3) is 0 Å². The monoisotopic (exact) mass is 282 g/mol. The Hall–Kier alpha value is -2.45. The first-order valence-corrected chi connectivity index (χ1v) is 6.35. The molecule has 1 aromatic heterocycles. The van der Waals surface area contributed by atoms with E-state index >= 15 is 0 Å². The van der Waals surface area contributed by atoms with Crippen molar-refractivity contribution in [2.75, 3.05) is 49.2 Å². The van der Waals surface area contributed by atoms with Crippen molar-refractivity contribution in [3.8, 4) is 0 Å². The zero-order valence-corrected chi connectivity index (χ0v) is 11.3. The molecule has 1 fully saturated rings. The van der Waals surface area contributed by atoms with Crippen LogP contribution in [0.4, 0.5) is 22.4 Å². The van der Waals surface area contributed by atoms with Gasteiger partial charge in [0.15, 0.2) is 11.6 Å². The van der Waals surface area contributed by atoms with E-state index in [0.717, 1.165) is 0 Å². The number of hydrogen-bond donors (Lipinski definition) is 2. The summed E-state index contributed by atoms with van der Waals surface area (Å²) in [5.41, 5.74) is 11.1.